The van der Waals surface area contributed by atoms with Gasteiger partial charge in [0.15, 0.2) is 0 Å². The fraction of sp³-hybridized carbons (Fsp3) is 0.895. The lowest BCUT2D eigenvalue weighted by atomic mass is 9.99. The van der Waals surface area contributed by atoms with E-state index >= 15 is 0 Å². The SMILES string of the molecule is CCCCCCCCCCCCC(C)/C=C(\O)[C@@H](O)[C@@H](N)CO. The Balaban J connectivity index is 3.61. The molecular formula is C19H39NO3. The molecule has 0 aromatic heterocycles. The van der Waals surface area contributed by atoms with Gasteiger partial charge in [-0.3, -0.25) is 0 Å². The molecule has 138 valence electrons. The van der Waals surface area contributed by atoms with E-state index in [9.17, 15) is 10.2 Å². The van der Waals surface area contributed by atoms with E-state index in [2.05, 4.69) is 6.92 Å². The minimum Gasteiger partial charge on any atom is -0.510 e. The first kappa shape index (κ1) is 22.4. The summed E-state index contributed by atoms with van der Waals surface area (Å²) in [4.78, 5) is 0. The Morgan fingerprint density at radius 1 is 0.957 bits per heavy atom. The average Bonchev–Trinajstić information content (AvgIpc) is 2.54. The number of aliphatic hydroxyl groups is 3. The van der Waals surface area contributed by atoms with Crippen molar-refractivity contribution in [2.45, 2.75) is 96.6 Å². The van der Waals surface area contributed by atoms with E-state index in [1.807, 2.05) is 6.92 Å². The van der Waals surface area contributed by atoms with Crippen LogP contribution in [0.3, 0.4) is 0 Å². The molecule has 0 fully saturated rings. The van der Waals surface area contributed by atoms with Crippen LogP contribution in [-0.2, 0) is 0 Å². The molecule has 0 rings (SSSR count). The summed E-state index contributed by atoms with van der Waals surface area (Å²) >= 11 is 0. The second-order valence-electron chi connectivity index (χ2n) is 6.83. The van der Waals surface area contributed by atoms with Gasteiger partial charge in [-0.05, 0) is 18.4 Å². The standard InChI is InChI=1S/C19H39NO3/c1-3-4-5-6-7-8-9-10-11-12-13-16(2)14-18(22)19(23)17(20)15-21/h14,16-17,19,21-23H,3-13,15,20H2,1-2H3/b18-14-/t16?,17-,19-/m0/s1. The third kappa shape index (κ3) is 12.5. The highest BCUT2D eigenvalue weighted by atomic mass is 16.3. The van der Waals surface area contributed by atoms with Crippen molar-refractivity contribution in [3.63, 3.8) is 0 Å². The highest BCUT2D eigenvalue weighted by Gasteiger charge is 2.18. The van der Waals surface area contributed by atoms with Crippen molar-refractivity contribution < 1.29 is 15.3 Å². The molecule has 0 radical (unpaired) electrons. The molecule has 3 atom stereocenters. The number of unbranched alkanes of at least 4 members (excludes halogenated alkanes) is 9. The van der Waals surface area contributed by atoms with Crippen LogP contribution in [0.5, 0.6) is 0 Å². The van der Waals surface area contributed by atoms with Gasteiger partial charge in [0.05, 0.1) is 12.6 Å². The Labute approximate surface area is 142 Å². The van der Waals surface area contributed by atoms with Gasteiger partial charge in [0.2, 0.25) is 0 Å². The number of hydrogen-bond donors (Lipinski definition) is 4. The minimum atomic E-state index is -1.17. The van der Waals surface area contributed by atoms with Gasteiger partial charge in [-0.1, -0.05) is 78.1 Å². The minimum absolute atomic E-state index is 0.119. The lowest BCUT2D eigenvalue weighted by Crippen LogP contribution is -2.39. The number of hydrogen-bond acceptors (Lipinski definition) is 4. The van der Waals surface area contributed by atoms with E-state index in [0.29, 0.717) is 0 Å². The number of allylic oxidation sites excluding steroid dienone is 1. The van der Waals surface area contributed by atoms with Crippen LogP contribution in [0, 0.1) is 5.92 Å². The zero-order chi connectivity index (χ0) is 17.5. The normalized spacial score (nSPS) is 16.3. The summed E-state index contributed by atoms with van der Waals surface area (Å²) in [6.07, 6.45) is 14.6. The molecule has 0 amide bonds. The Morgan fingerprint density at radius 3 is 1.91 bits per heavy atom. The molecule has 0 aliphatic carbocycles. The van der Waals surface area contributed by atoms with Crippen molar-refractivity contribution in [3.8, 4) is 0 Å². The van der Waals surface area contributed by atoms with E-state index in [1.165, 1.54) is 57.8 Å². The van der Waals surface area contributed by atoms with Crippen LogP contribution in [0.15, 0.2) is 11.8 Å². The predicted octanol–water partition coefficient (Wildman–Crippen LogP) is 4.06. The maximum Gasteiger partial charge on any atom is 0.128 e. The maximum atomic E-state index is 9.77. The van der Waals surface area contributed by atoms with E-state index in [1.54, 1.807) is 6.08 Å². The third-order valence-electron chi connectivity index (χ3n) is 4.39. The summed E-state index contributed by atoms with van der Waals surface area (Å²) < 4.78 is 0. The predicted molar refractivity (Wildman–Crippen MR) is 97.4 cm³/mol. The molecule has 5 N–H and O–H groups in total. The largest absolute Gasteiger partial charge is 0.510 e. The number of aliphatic hydroxyl groups excluding tert-OH is 3. The fourth-order valence-electron chi connectivity index (χ4n) is 2.75. The van der Waals surface area contributed by atoms with Crippen molar-refractivity contribution in [1.82, 2.24) is 0 Å². The summed E-state index contributed by atoms with van der Waals surface area (Å²) in [6, 6.07) is -0.823. The van der Waals surface area contributed by atoms with Crippen LogP contribution in [0.2, 0.25) is 0 Å². The zero-order valence-electron chi connectivity index (χ0n) is 15.2. The van der Waals surface area contributed by atoms with E-state index < -0.39 is 12.1 Å². The van der Waals surface area contributed by atoms with Gasteiger partial charge in [0.1, 0.15) is 11.9 Å². The van der Waals surface area contributed by atoms with Gasteiger partial charge in [0, 0.05) is 0 Å². The first-order valence-electron chi connectivity index (χ1n) is 9.48. The summed E-state index contributed by atoms with van der Waals surface area (Å²) in [5, 5.41) is 28.3. The van der Waals surface area contributed by atoms with Gasteiger partial charge in [-0.2, -0.15) is 0 Å². The summed E-state index contributed by atoms with van der Waals surface area (Å²) in [7, 11) is 0. The molecule has 1 unspecified atom stereocenters. The molecule has 23 heavy (non-hydrogen) atoms. The van der Waals surface area contributed by atoms with Crippen molar-refractivity contribution in [1.29, 1.82) is 0 Å². The van der Waals surface area contributed by atoms with Crippen LogP contribution < -0.4 is 5.73 Å². The monoisotopic (exact) mass is 329 g/mol. The quantitative estimate of drug-likeness (QED) is 0.269. The van der Waals surface area contributed by atoms with E-state index in [-0.39, 0.29) is 18.3 Å². The maximum absolute atomic E-state index is 9.77. The third-order valence-corrected chi connectivity index (χ3v) is 4.39. The molecule has 0 heterocycles. The van der Waals surface area contributed by atoms with Crippen LogP contribution in [-0.4, -0.2) is 34.1 Å². The number of rotatable bonds is 15. The fourth-order valence-corrected chi connectivity index (χ4v) is 2.75. The molecule has 0 spiro atoms. The molecular weight excluding hydrogens is 290 g/mol. The Hall–Kier alpha value is -0.580. The molecule has 4 nitrogen and oxygen atoms in total. The molecule has 0 aromatic rings. The molecule has 4 heteroatoms. The van der Waals surface area contributed by atoms with Crippen molar-refractivity contribution in [2.24, 2.45) is 11.7 Å². The Morgan fingerprint density at radius 2 is 1.43 bits per heavy atom. The van der Waals surface area contributed by atoms with Gasteiger partial charge in [0.25, 0.3) is 0 Å². The van der Waals surface area contributed by atoms with Crippen LogP contribution >= 0.6 is 0 Å². The highest BCUT2D eigenvalue weighted by molar-refractivity contribution is 5.03. The molecule has 0 saturated carbocycles. The molecule has 0 saturated heterocycles. The zero-order valence-corrected chi connectivity index (χ0v) is 15.2. The second-order valence-corrected chi connectivity index (χ2v) is 6.83. The van der Waals surface area contributed by atoms with Gasteiger partial charge < -0.3 is 21.1 Å². The lowest BCUT2D eigenvalue weighted by molar-refractivity contribution is 0.0977. The molecule has 0 aliphatic heterocycles. The summed E-state index contributed by atoms with van der Waals surface area (Å²) in [6.45, 7) is 3.94. The van der Waals surface area contributed by atoms with Crippen LogP contribution in [0.4, 0.5) is 0 Å². The molecule has 0 bridgehead atoms. The smallest absolute Gasteiger partial charge is 0.128 e. The molecule has 0 aromatic carbocycles. The summed E-state index contributed by atoms with van der Waals surface area (Å²) in [5.41, 5.74) is 5.50. The van der Waals surface area contributed by atoms with Crippen molar-refractivity contribution in [3.05, 3.63) is 11.8 Å². The van der Waals surface area contributed by atoms with Crippen molar-refractivity contribution in [2.75, 3.05) is 6.61 Å². The Kier molecular flexibility index (Phi) is 14.6. The number of nitrogens with two attached hydrogens (primary N) is 1. The first-order chi connectivity index (χ1) is 11.0. The van der Waals surface area contributed by atoms with Crippen LogP contribution in [0.1, 0.15) is 84.5 Å². The van der Waals surface area contributed by atoms with Gasteiger partial charge in [-0.25, -0.2) is 0 Å². The topological polar surface area (TPSA) is 86.7 Å². The van der Waals surface area contributed by atoms with Crippen molar-refractivity contribution >= 4 is 0 Å². The summed E-state index contributed by atoms with van der Waals surface area (Å²) in [5.74, 6) is 0.0933. The first-order valence-corrected chi connectivity index (χ1v) is 9.48. The Bertz CT molecular complexity index is 294. The van der Waals surface area contributed by atoms with Crippen LogP contribution in [0.25, 0.3) is 0 Å². The van der Waals surface area contributed by atoms with Gasteiger partial charge in [-0.15, -0.1) is 0 Å². The highest BCUT2D eigenvalue weighted by Crippen LogP contribution is 2.16. The average molecular weight is 330 g/mol. The lowest BCUT2D eigenvalue weighted by Gasteiger charge is -2.17. The van der Waals surface area contributed by atoms with E-state index in [4.69, 9.17) is 10.8 Å². The molecule has 0 aliphatic rings. The van der Waals surface area contributed by atoms with Gasteiger partial charge >= 0.3 is 0 Å². The second kappa shape index (κ2) is 15.0. The van der Waals surface area contributed by atoms with E-state index in [0.717, 1.165) is 12.8 Å².